The predicted molar refractivity (Wildman–Crippen MR) is 86.2 cm³/mol. The number of thioether (sulfide) groups is 1. The standard InChI is InChI=1S/C16H21N3OS/c1-11(2)9-21-10-14-18-15(20-19-14)16(7-8-16)12-3-5-13(17)6-4-12/h3-6,11H,7-10,17H2,1-2H3. The van der Waals surface area contributed by atoms with Gasteiger partial charge in [-0.25, -0.2) is 0 Å². The molecule has 0 atom stereocenters. The Morgan fingerprint density at radius 3 is 2.62 bits per heavy atom. The van der Waals surface area contributed by atoms with Crippen molar-refractivity contribution in [1.29, 1.82) is 0 Å². The van der Waals surface area contributed by atoms with Gasteiger partial charge < -0.3 is 10.3 Å². The number of nitrogens with two attached hydrogens (primary N) is 1. The van der Waals surface area contributed by atoms with Crippen molar-refractivity contribution in [2.75, 3.05) is 11.5 Å². The quantitative estimate of drug-likeness (QED) is 0.826. The molecule has 3 rings (SSSR count). The van der Waals surface area contributed by atoms with Crippen LogP contribution in [0.3, 0.4) is 0 Å². The van der Waals surface area contributed by atoms with Gasteiger partial charge in [0.2, 0.25) is 5.89 Å². The maximum atomic E-state index is 5.76. The smallest absolute Gasteiger partial charge is 0.237 e. The summed E-state index contributed by atoms with van der Waals surface area (Å²) in [6, 6.07) is 8.01. The number of hydrogen-bond donors (Lipinski definition) is 1. The summed E-state index contributed by atoms with van der Waals surface area (Å²) in [5, 5.41) is 4.13. The van der Waals surface area contributed by atoms with Crippen molar-refractivity contribution in [3.8, 4) is 0 Å². The van der Waals surface area contributed by atoms with Crippen LogP contribution in [-0.4, -0.2) is 15.9 Å². The molecule has 0 bridgehead atoms. The molecule has 1 aromatic heterocycles. The number of nitrogens with zero attached hydrogens (tertiary/aromatic N) is 2. The predicted octanol–water partition coefficient (Wildman–Crippen LogP) is 3.62. The molecule has 0 aliphatic heterocycles. The van der Waals surface area contributed by atoms with E-state index in [0.717, 1.165) is 41.7 Å². The summed E-state index contributed by atoms with van der Waals surface area (Å²) in [6.07, 6.45) is 2.13. The zero-order chi connectivity index (χ0) is 14.9. The summed E-state index contributed by atoms with van der Waals surface area (Å²) in [6.45, 7) is 4.43. The molecule has 0 amide bonds. The lowest BCUT2D eigenvalue weighted by molar-refractivity contribution is 0.356. The SMILES string of the molecule is CC(C)CSCc1noc(C2(c3ccc(N)cc3)CC2)n1. The molecule has 1 aromatic carbocycles. The molecule has 1 aliphatic carbocycles. The second-order valence-corrected chi connectivity index (χ2v) is 7.16. The summed E-state index contributed by atoms with van der Waals surface area (Å²) in [5.41, 5.74) is 7.70. The van der Waals surface area contributed by atoms with Crippen molar-refractivity contribution in [2.24, 2.45) is 5.92 Å². The molecule has 0 unspecified atom stereocenters. The first-order valence-corrected chi connectivity index (χ1v) is 8.52. The lowest BCUT2D eigenvalue weighted by Gasteiger charge is -2.10. The molecule has 0 spiro atoms. The maximum absolute atomic E-state index is 5.76. The normalized spacial score (nSPS) is 16.3. The van der Waals surface area contributed by atoms with E-state index in [4.69, 9.17) is 10.3 Å². The van der Waals surface area contributed by atoms with Crippen LogP contribution in [0.4, 0.5) is 5.69 Å². The fourth-order valence-corrected chi connectivity index (χ4v) is 3.34. The van der Waals surface area contributed by atoms with E-state index >= 15 is 0 Å². The highest BCUT2D eigenvalue weighted by Gasteiger charge is 2.50. The van der Waals surface area contributed by atoms with Gasteiger partial charge in [-0.05, 0) is 42.2 Å². The number of rotatable bonds is 6. The fourth-order valence-electron chi connectivity index (χ4n) is 2.45. The largest absolute Gasteiger partial charge is 0.399 e. The number of benzene rings is 1. The molecule has 1 fully saturated rings. The first-order valence-electron chi connectivity index (χ1n) is 7.37. The van der Waals surface area contributed by atoms with E-state index < -0.39 is 0 Å². The number of nitrogen functional groups attached to an aromatic ring is 1. The van der Waals surface area contributed by atoms with Crippen molar-refractivity contribution in [3.05, 3.63) is 41.5 Å². The van der Waals surface area contributed by atoms with Crippen LogP contribution >= 0.6 is 11.8 Å². The van der Waals surface area contributed by atoms with Crippen LogP contribution in [0.2, 0.25) is 0 Å². The molecule has 1 aliphatic rings. The molecule has 0 radical (unpaired) electrons. The van der Waals surface area contributed by atoms with Gasteiger partial charge in [-0.2, -0.15) is 16.7 Å². The van der Waals surface area contributed by atoms with E-state index in [-0.39, 0.29) is 5.41 Å². The van der Waals surface area contributed by atoms with Gasteiger partial charge in [0.1, 0.15) is 0 Å². The minimum Gasteiger partial charge on any atom is -0.399 e. The van der Waals surface area contributed by atoms with E-state index in [1.165, 1.54) is 5.56 Å². The summed E-state index contributed by atoms with van der Waals surface area (Å²) in [5.74, 6) is 4.18. The van der Waals surface area contributed by atoms with Gasteiger partial charge in [-0.1, -0.05) is 31.1 Å². The van der Waals surface area contributed by atoms with Gasteiger partial charge in [-0.3, -0.25) is 0 Å². The van der Waals surface area contributed by atoms with E-state index in [2.05, 4.69) is 36.1 Å². The van der Waals surface area contributed by atoms with Crippen molar-refractivity contribution < 1.29 is 4.52 Å². The Morgan fingerprint density at radius 1 is 1.29 bits per heavy atom. The molecule has 2 N–H and O–H groups in total. The average Bonchev–Trinajstić information content (AvgIpc) is 3.12. The molecular formula is C16H21N3OS. The number of aromatic nitrogens is 2. The molecule has 21 heavy (non-hydrogen) atoms. The monoisotopic (exact) mass is 303 g/mol. The molecule has 4 nitrogen and oxygen atoms in total. The number of anilines is 1. The third-order valence-electron chi connectivity index (χ3n) is 3.77. The fraction of sp³-hybridized carbons (Fsp3) is 0.500. The molecule has 5 heteroatoms. The van der Waals surface area contributed by atoms with E-state index in [1.54, 1.807) is 0 Å². The van der Waals surface area contributed by atoms with Crippen molar-refractivity contribution >= 4 is 17.4 Å². The highest BCUT2D eigenvalue weighted by molar-refractivity contribution is 7.98. The first-order chi connectivity index (χ1) is 10.1. The Balaban J connectivity index is 1.72. The van der Waals surface area contributed by atoms with Crippen LogP contribution in [-0.2, 0) is 11.2 Å². The lowest BCUT2D eigenvalue weighted by atomic mass is 9.96. The van der Waals surface area contributed by atoms with Crippen LogP contribution in [0.15, 0.2) is 28.8 Å². The Morgan fingerprint density at radius 2 is 2.00 bits per heavy atom. The number of hydrogen-bond acceptors (Lipinski definition) is 5. The second-order valence-electron chi connectivity index (χ2n) is 6.13. The van der Waals surface area contributed by atoms with E-state index in [0.29, 0.717) is 5.92 Å². The summed E-state index contributed by atoms with van der Waals surface area (Å²) < 4.78 is 5.53. The third-order valence-corrected chi connectivity index (χ3v) is 5.14. The van der Waals surface area contributed by atoms with E-state index in [1.807, 2.05) is 23.9 Å². The van der Waals surface area contributed by atoms with Crippen LogP contribution in [0.25, 0.3) is 0 Å². The summed E-state index contributed by atoms with van der Waals surface area (Å²) in [7, 11) is 0. The van der Waals surface area contributed by atoms with Gasteiger partial charge in [0, 0.05) is 5.69 Å². The van der Waals surface area contributed by atoms with Crippen LogP contribution in [0, 0.1) is 5.92 Å². The van der Waals surface area contributed by atoms with Crippen molar-refractivity contribution in [1.82, 2.24) is 10.1 Å². The zero-order valence-electron chi connectivity index (χ0n) is 12.5. The van der Waals surface area contributed by atoms with E-state index in [9.17, 15) is 0 Å². The van der Waals surface area contributed by atoms with Gasteiger partial charge in [0.25, 0.3) is 0 Å². The Bertz CT molecular complexity index is 602. The maximum Gasteiger partial charge on any atom is 0.237 e. The summed E-state index contributed by atoms with van der Waals surface area (Å²) in [4.78, 5) is 4.61. The van der Waals surface area contributed by atoms with Gasteiger partial charge in [0.15, 0.2) is 5.82 Å². The first kappa shape index (κ1) is 14.4. The molecule has 2 aromatic rings. The van der Waals surface area contributed by atoms with Crippen molar-refractivity contribution in [2.45, 2.75) is 37.9 Å². The average molecular weight is 303 g/mol. The van der Waals surface area contributed by atoms with Gasteiger partial charge in [-0.15, -0.1) is 0 Å². The second kappa shape index (κ2) is 5.72. The van der Waals surface area contributed by atoms with Crippen LogP contribution < -0.4 is 5.73 Å². The third kappa shape index (κ3) is 3.07. The molecular weight excluding hydrogens is 282 g/mol. The Kier molecular flexibility index (Phi) is 3.93. The molecule has 1 saturated carbocycles. The molecule has 1 heterocycles. The highest BCUT2D eigenvalue weighted by atomic mass is 32.2. The van der Waals surface area contributed by atoms with Crippen LogP contribution in [0.1, 0.15) is 44.0 Å². The Labute approximate surface area is 129 Å². The Hall–Kier alpha value is -1.49. The van der Waals surface area contributed by atoms with Crippen LogP contribution in [0.5, 0.6) is 0 Å². The van der Waals surface area contributed by atoms with Gasteiger partial charge in [0.05, 0.1) is 11.2 Å². The zero-order valence-corrected chi connectivity index (χ0v) is 13.3. The minimum atomic E-state index is -0.0678. The lowest BCUT2D eigenvalue weighted by Crippen LogP contribution is -2.09. The highest BCUT2D eigenvalue weighted by Crippen LogP contribution is 2.52. The molecule has 0 saturated heterocycles. The topological polar surface area (TPSA) is 64.9 Å². The minimum absolute atomic E-state index is 0.0678. The molecule has 112 valence electrons. The van der Waals surface area contributed by atoms with Gasteiger partial charge >= 0.3 is 0 Å². The summed E-state index contributed by atoms with van der Waals surface area (Å²) >= 11 is 1.86. The van der Waals surface area contributed by atoms with Crippen molar-refractivity contribution in [3.63, 3.8) is 0 Å².